The second-order valence-electron chi connectivity index (χ2n) is 14.1. The van der Waals surface area contributed by atoms with Crippen LogP contribution in [0.3, 0.4) is 0 Å². The highest BCUT2D eigenvalue weighted by Crippen LogP contribution is 2.65. The highest BCUT2D eigenvalue weighted by Gasteiger charge is 2.59. The molecular formula is C38H45N3O6. The summed E-state index contributed by atoms with van der Waals surface area (Å²) in [4.78, 5) is 54.5. The summed E-state index contributed by atoms with van der Waals surface area (Å²) in [5.41, 5.74) is 4.30. The van der Waals surface area contributed by atoms with Crippen LogP contribution in [-0.2, 0) is 19.1 Å². The molecule has 1 amide bonds. The SMILES string of the molecule is CCC(=O)OC1CCC2C3CCC4=CC(=O)CCC4(C)C3CCC12C.COC(=O)Nc1nc2ccc(C(=O)c3ccccc3)cc2[nH]1. The number of rotatable bonds is 5. The normalized spacial score (nSPS) is 29.3. The van der Waals surface area contributed by atoms with Crippen LogP contribution in [0, 0.1) is 28.6 Å². The molecular weight excluding hydrogens is 594 g/mol. The molecule has 2 N–H and O–H groups in total. The number of esters is 1. The number of fused-ring (bicyclic) bond motifs is 6. The summed E-state index contributed by atoms with van der Waals surface area (Å²) < 4.78 is 10.4. The first-order valence-corrected chi connectivity index (χ1v) is 16.9. The summed E-state index contributed by atoms with van der Waals surface area (Å²) >= 11 is 0. The van der Waals surface area contributed by atoms with Gasteiger partial charge >= 0.3 is 12.1 Å². The van der Waals surface area contributed by atoms with Crippen molar-refractivity contribution < 1.29 is 28.7 Å². The Labute approximate surface area is 275 Å². The van der Waals surface area contributed by atoms with Crippen molar-refractivity contribution in [1.29, 1.82) is 0 Å². The molecule has 6 unspecified atom stereocenters. The Morgan fingerprint density at radius 3 is 2.49 bits per heavy atom. The third-order valence-corrected chi connectivity index (χ3v) is 11.6. The molecule has 1 heterocycles. The number of carbonyl (C=O) groups excluding carboxylic acids is 4. The number of amides is 1. The summed E-state index contributed by atoms with van der Waals surface area (Å²) in [6, 6.07) is 14.2. The average Bonchev–Trinajstić information content (AvgIpc) is 3.64. The molecule has 1 aromatic heterocycles. The average molecular weight is 640 g/mol. The number of benzene rings is 2. The van der Waals surface area contributed by atoms with Crippen molar-refractivity contribution in [2.24, 2.45) is 28.6 Å². The zero-order chi connectivity index (χ0) is 33.3. The van der Waals surface area contributed by atoms with Gasteiger partial charge in [-0.05, 0) is 92.4 Å². The van der Waals surface area contributed by atoms with Crippen molar-refractivity contribution in [3.63, 3.8) is 0 Å². The van der Waals surface area contributed by atoms with Gasteiger partial charge in [0.15, 0.2) is 11.6 Å². The number of hydrogen-bond donors (Lipinski definition) is 2. The molecule has 9 nitrogen and oxygen atoms in total. The van der Waals surface area contributed by atoms with Crippen LogP contribution in [0.25, 0.3) is 11.0 Å². The Bertz CT molecular complexity index is 1710. The molecule has 0 aliphatic heterocycles. The van der Waals surface area contributed by atoms with Gasteiger partial charge in [0.2, 0.25) is 5.95 Å². The number of nitrogens with one attached hydrogen (secondary N) is 2. The third-order valence-electron chi connectivity index (χ3n) is 11.6. The Morgan fingerprint density at radius 1 is 0.957 bits per heavy atom. The number of ether oxygens (including phenoxy) is 2. The first-order valence-electron chi connectivity index (χ1n) is 16.9. The number of aromatic amines is 1. The standard InChI is InChI=1S/C22H32O3.C16H13N3O3/c1-4-20(24)25-19-8-7-17-16-6-5-14-13-15(23)9-11-21(14,2)18(16)10-12-22(17,19)3;1-22-16(21)19-15-17-12-8-7-11(9-13(12)18-15)14(20)10-5-3-2-4-6-10/h13,16-19H,4-12H2,1-3H3;2-9H,1H3,(H2,17,18,19,21). The van der Waals surface area contributed by atoms with Gasteiger partial charge in [-0.1, -0.05) is 56.7 Å². The van der Waals surface area contributed by atoms with Crippen molar-refractivity contribution in [2.75, 3.05) is 12.4 Å². The van der Waals surface area contributed by atoms with E-state index in [2.05, 4.69) is 33.9 Å². The van der Waals surface area contributed by atoms with Gasteiger partial charge in [-0.15, -0.1) is 0 Å². The van der Waals surface area contributed by atoms with Gasteiger partial charge in [0.25, 0.3) is 0 Å². The lowest BCUT2D eigenvalue weighted by molar-refractivity contribution is -0.159. The van der Waals surface area contributed by atoms with E-state index in [-0.39, 0.29) is 34.6 Å². The van der Waals surface area contributed by atoms with Crippen LogP contribution in [0.2, 0.25) is 0 Å². The van der Waals surface area contributed by atoms with Crippen LogP contribution in [0.1, 0.15) is 94.5 Å². The van der Waals surface area contributed by atoms with E-state index < -0.39 is 6.09 Å². The van der Waals surface area contributed by atoms with Crippen LogP contribution < -0.4 is 5.32 Å². The predicted octanol–water partition coefficient (Wildman–Crippen LogP) is 7.81. The van der Waals surface area contributed by atoms with Crippen LogP contribution in [0.15, 0.2) is 60.2 Å². The van der Waals surface area contributed by atoms with Crippen LogP contribution >= 0.6 is 0 Å². The van der Waals surface area contributed by atoms with E-state index in [9.17, 15) is 19.2 Å². The molecule has 9 heteroatoms. The minimum Gasteiger partial charge on any atom is -0.462 e. The number of H-pyrrole nitrogens is 1. The van der Waals surface area contributed by atoms with E-state index in [0.717, 1.165) is 38.0 Å². The van der Waals surface area contributed by atoms with Crippen molar-refractivity contribution in [1.82, 2.24) is 9.97 Å². The zero-order valence-electron chi connectivity index (χ0n) is 27.8. The van der Waals surface area contributed by atoms with E-state index in [0.29, 0.717) is 46.2 Å². The number of carbonyl (C=O) groups is 4. The van der Waals surface area contributed by atoms with Gasteiger partial charge in [-0.25, -0.2) is 9.78 Å². The van der Waals surface area contributed by atoms with Crippen LogP contribution in [0.4, 0.5) is 10.7 Å². The Balaban J connectivity index is 0.000000166. The number of hydrogen-bond acceptors (Lipinski definition) is 7. The Kier molecular flexibility index (Phi) is 9.09. The minimum atomic E-state index is -0.611. The first kappa shape index (κ1) is 32.7. The van der Waals surface area contributed by atoms with Crippen molar-refractivity contribution in [3.05, 3.63) is 71.3 Å². The van der Waals surface area contributed by atoms with Crippen molar-refractivity contribution >= 4 is 40.6 Å². The fraction of sp³-hybridized carbons (Fsp3) is 0.500. The molecule has 248 valence electrons. The lowest BCUT2D eigenvalue weighted by Gasteiger charge is -2.57. The molecule has 3 fully saturated rings. The van der Waals surface area contributed by atoms with E-state index >= 15 is 0 Å². The molecule has 7 rings (SSSR count). The summed E-state index contributed by atoms with van der Waals surface area (Å²) in [5, 5.41) is 2.45. The first-order chi connectivity index (χ1) is 22.6. The van der Waals surface area contributed by atoms with E-state index in [1.165, 1.54) is 31.9 Å². The van der Waals surface area contributed by atoms with Crippen molar-refractivity contribution in [2.45, 2.75) is 84.7 Å². The minimum absolute atomic E-state index is 0.0411. The molecule has 3 saturated carbocycles. The van der Waals surface area contributed by atoms with E-state index in [4.69, 9.17) is 4.74 Å². The Morgan fingerprint density at radius 2 is 1.74 bits per heavy atom. The number of imidazole rings is 1. The number of aromatic nitrogens is 2. The summed E-state index contributed by atoms with van der Waals surface area (Å²) in [6.45, 7) is 6.69. The molecule has 47 heavy (non-hydrogen) atoms. The number of anilines is 1. The van der Waals surface area contributed by atoms with Crippen LogP contribution in [0.5, 0.6) is 0 Å². The third kappa shape index (κ3) is 6.24. The van der Waals surface area contributed by atoms with Crippen molar-refractivity contribution in [3.8, 4) is 0 Å². The zero-order valence-corrected chi connectivity index (χ0v) is 27.8. The number of allylic oxidation sites excluding steroid dienone is 1. The van der Waals surface area contributed by atoms with Gasteiger partial charge in [0.1, 0.15) is 6.10 Å². The lowest BCUT2D eigenvalue weighted by atomic mass is 9.47. The topological polar surface area (TPSA) is 127 Å². The summed E-state index contributed by atoms with van der Waals surface area (Å²) in [6.07, 6.45) is 10.7. The molecule has 4 aliphatic carbocycles. The van der Waals surface area contributed by atoms with Gasteiger partial charge in [-0.3, -0.25) is 19.7 Å². The maximum atomic E-state index is 12.4. The fourth-order valence-corrected chi connectivity index (χ4v) is 9.06. The lowest BCUT2D eigenvalue weighted by Crippen LogP contribution is -2.51. The second kappa shape index (κ2) is 13.1. The monoisotopic (exact) mass is 639 g/mol. The smallest absolute Gasteiger partial charge is 0.413 e. The van der Waals surface area contributed by atoms with Gasteiger partial charge < -0.3 is 14.5 Å². The molecule has 0 radical (unpaired) electrons. The quantitative estimate of drug-likeness (QED) is 0.215. The molecule has 0 bridgehead atoms. The maximum absolute atomic E-state index is 12.4. The summed E-state index contributed by atoms with van der Waals surface area (Å²) in [7, 11) is 1.27. The van der Waals surface area contributed by atoms with Gasteiger partial charge in [0, 0.05) is 29.4 Å². The van der Waals surface area contributed by atoms with E-state index in [1.54, 1.807) is 30.3 Å². The highest BCUT2D eigenvalue weighted by molar-refractivity contribution is 6.10. The number of ketones is 2. The maximum Gasteiger partial charge on any atom is 0.413 e. The van der Waals surface area contributed by atoms with E-state index in [1.807, 2.05) is 31.2 Å². The molecule has 2 aromatic carbocycles. The van der Waals surface area contributed by atoms with Crippen LogP contribution in [-0.4, -0.2) is 46.8 Å². The fourth-order valence-electron chi connectivity index (χ4n) is 9.06. The summed E-state index contributed by atoms with van der Waals surface area (Å²) in [5.74, 6) is 2.61. The number of nitrogens with zero attached hydrogens (tertiary/aromatic N) is 1. The molecule has 0 saturated heterocycles. The molecule has 4 aliphatic rings. The number of methoxy groups -OCH3 is 1. The highest BCUT2D eigenvalue weighted by atomic mass is 16.5. The second-order valence-corrected chi connectivity index (χ2v) is 14.1. The largest absolute Gasteiger partial charge is 0.462 e. The Hall–Kier alpha value is -4.27. The molecule has 3 aromatic rings. The van der Waals surface area contributed by atoms with Gasteiger partial charge in [0.05, 0.1) is 18.1 Å². The molecule has 0 spiro atoms. The predicted molar refractivity (Wildman–Crippen MR) is 179 cm³/mol. The molecule has 6 atom stereocenters. The van der Waals surface area contributed by atoms with Gasteiger partial charge in [-0.2, -0.15) is 0 Å².